The van der Waals surface area contributed by atoms with Crippen molar-refractivity contribution in [2.75, 3.05) is 11.9 Å². The first kappa shape index (κ1) is 14.3. The number of nitrogens with zero attached hydrogens (tertiary/aromatic N) is 4. The number of benzene rings is 1. The molecule has 1 atom stereocenters. The van der Waals surface area contributed by atoms with Gasteiger partial charge in [-0.25, -0.2) is 4.98 Å². The summed E-state index contributed by atoms with van der Waals surface area (Å²) in [5.41, 5.74) is 2.05. The predicted molar refractivity (Wildman–Crippen MR) is 85.2 cm³/mol. The van der Waals surface area contributed by atoms with E-state index in [9.17, 15) is 0 Å². The van der Waals surface area contributed by atoms with Gasteiger partial charge in [-0.15, -0.1) is 0 Å². The average Bonchev–Trinajstić information content (AvgIpc) is 2.96. The summed E-state index contributed by atoms with van der Waals surface area (Å²) < 4.78 is 7.26. The first-order valence-corrected chi connectivity index (χ1v) is 7.34. The molecule has 114 valence electrons. The Kier molecular flexibility index (Phi) is 3.91. The number of aryl methyl sites for hydroxylation is 1. The van der Waals surface area contributed by atoms with Crippen molar-refractivity contribution in [2.24, 2.45) is 0 Å². The smallest absolute Gasteiger partial charge is 0.254 e. The minimum atomic E-state index is 0.106. The second kappa shape index (κ2) is 6.01. The zero-order valence-electron chi connectivity index (χ0n) is 12.9. The Balaban J connectivity index is 1.88. The summed E-state index contributed by atoms with van der Waals surface area (Å²) in [5, 5.41) is 7.67. The maximum atomic E-state index is 5.56. The summed E-state index contributed by atoms with van der Waals surface area (Å²) in [5.74, 6) is 2.34. The zero-order valence-corrected chi connectivity index (χ0v) is 12.9. The molecule has 0 aliphatic carbocycles. The lowest BCUT2D eigenvalue weighted by Crippen LogP contribution is -2.11. The lowest BCUT2D eigenvalue weighted by Gasteiger charge is -2.17. The van der Waals surface area contributed by atoms with Crippen molar-refractivity contribution in [3.05, 3.63) is 47.9 Å². The van der Waals surface area contributed by atoms with E-state index in [4.69, 9.17) is 4.74 Å². The molecule has 0 aliphatic heterocycles. The quantitative estimate of drug-likeness (QED) is 0.784. The molecule has 1 N–H and O–H groups in total. The highest BCUT2D eigenvalue weighted by Crippen LogP contribution is 2.23. The minimum Gasteiger partial charge on any atom is -0.494 e. The molecule has 6 nitrogen and oxygen atoms in total. The summed E-state index contributed by atoms with van der Waals surface area (Å²) >= 11 is 0. The lowest BCUT2D eigenvalue weighted by atomic mass is 10.1. The number of aromatic nitrogens is 4. The molecule has 0 radical (unpaired) electrons. The van der Waals surface area contributed by atoms with Gasteiger partial charge in [-0.05, 0) is 38.5 Å². The van der Waals surface area contributed by atoms with Crippen LogP contribution < -0.4 is 10.1 Å². The summed E-state index contributed by atoms with van der Waals surface area (Å²) in [6, 6.07) is 10.2. The Morgan fingerprint density at radius 3 is 3.00 bits per heavy atom. The van der Waals surface area contributed by atoms with E-state index in [0.717, 1.165) is 22.8 Å². The largest absolute Gasteiger partial charge is 0.494 e. The molecule has 3 aromatic rings. The molecule has 0 saturated carbocycles. The van der Waals surface area contributed by atoms with E-state index in [1.807, 2.05) is 38.1 Å². The van der Waals surface area contributed by atoms with Crippen molar-refractivity contribution in [1.82, 2.24) is 19.6 Å². The molecule has 3 rings (SSSR count). The summed E-state index contributed by atoms with van der Waals surface area (Å²) in [6.45, 7) is 6.69. The van der Waals surface area contributed by atoms with Gasteiger partial charge in [0.2, 0.25) is 0 Å². The normalized spacial score (nSPS) is 12.3. The van der Waals surface area contributed by atoms with Crippen LogP contribution in [0.1, 0.15) is 31.1 Å². The van der Waals surface area contributed by atoms with E-state index in [2.05, 4.69) is 33.4 Å². The molecule has 1 aromatic carbocycles. The molecule has 2 aromatic heterocycles. The fourth-order valence-electron chi connectivity index (χ4n) is 2.38. The monoisotopic (exact) mass is 297 g/mol. The number of ether oxygens (including phenoxy) is 1. The highest BCUT2D eigenvalue weighted by Gasteiger charge is 2.11. The standard InChI is InChI=1S/C16H19N5O/c1-4-22-14-7-5-6-13(9-14)12(3)20-15-8-11(2)19-16-17-10-18-21(15)16/h5-10,12,20H,4H2,1-3H3/t12-/m1/s1. The molecule has 0 bridgehead atoms. The van der Waals surface area contributed by atoms with E-state index in [-0.39, 0.29) is 6.04 Å². The third-order valence-corrected chi connectivity index (χ3v) is 3.41. The molecule has 0 spiro atoms. The first-order valence-electron chi connectivity index (χ1n) is 7.34. The fraction of sp³-hybridized carbons (Fsp3) is 0.312. The van der Waals surface area contributed by atoms with Crippen LogP contribution in [0.15, 0.2) is 36.7 Å². The van der Waals surface area contributed by atoms with Crippen molar-refractivity contribution >= 4 is 11.6 Å². The van der Waals surface area contributed by atoms with Crippen LogP contribution in [-0.4, -0.2) is 26.2 Å². The molecule has 22 heavy (non-hydrogen) atoms. The molecule has 6 heteroatoms. The Morgan fingerprint density at radius 1 is 1.32 bits per heavy atom. The molecule has 0 fully saturated rings. The van der Waals surface area contributed by atoms with Crippen LogP contribution in [0, 0.1) is 6.92 Å². The van der Waals surface area contributed by atoms with Crippen LogP contribution in [0.3, 0.4) is 0 Å². The fourth-order valence-corrected chi connectivity index (χ4v) is 2.38. The van der Waals surface area contributed by atoms with Gasteiger partial charge in [-0.3, -0.25) is 0 Å². The zero-order chi connectivity index (χ0) is 15.5. The van der Waals surface area contributed by atoms with Crippen molar-refractivity contribution in [3.63, 3.8) is 0 Å². The van der Waals surface area contributed by atoms with E-state index >= 15 is 0 Å². The number of nitrogens with one attached hydrogen (secondary N) is 1. The SMILES string of the molecule is CCOc1cccc([C@@H](C)Nc2cc(C)nc3ncnn23)c1. The molecular weight excluding hydrogens is 278 g/mol. The highest BCUT2D eigenvalue weighted by molar-refractivity contribution is 5.46. The number of rotatable bonds is 5. The molecule has 0 unspecified atom stereocenters. The van der Waals surface area contributed by atoms with Crippen molar-refractivity contribution in [1.29, 1.82) is 0 Å². The molecule has 0 aliphatic rings. The number of anilines is 1. The Hall–Kier alpha value is -2.63. The topological polar surface area (TPSA) is 64.3 Å². The van der Waals surface area contributed by atoms with Crippen LogP contribution >= 0.6 is 0 Å². The van der Waals surface area contributed by atoms with Crippen LogP contribution in [0.5, 0.6) is 5.75 Å². The van der Waals surface area contributed by atoms with Crippen molar-refractivity contribution in [2.45, 2.75) is 26.8 Å². The van der Waals surface area contributed by atoms with Gasteiger partial charge < -0.3 is 10.1 Å². The minimum absolute atomic E-state index is 0.106. The van der Waals surface area contributed by atoms with Crippen LogP contribution in [0.2, 0.25) is 0 Å². The van der Waals surface area contributed by atoms with Gasteiger partial charge in [0, 0.05) is 11.8 Å². The lowest BCUT2D eigenvalue weighted by molar-refractivity contribution is 0.340. The Morgan fingerprint density at radius 2 is 2.18 bits per heavy atom. The third kappa shape index (κ3) is 2.86. The van der Waals surface area contributed by atoms with Crippen LogP contribution in [0.4, 0.5) is 5.82 Å². The van der Waals surface area contributed by atoms with Gasteiger partial charge in [0.15, 0.2) is 0 Å². The van der Waals surface area contributed by atoms with E-state index in [1.165, 1.54) is 6.33 Å². The maximum Gasteiger partial charge on any atom is 0.254 e. The molecule has 2 heterocycles. The van der Waals surface area contributed by atoms with Gasteiger partial charge in [0.1, 0.15) is 17.9 Å². The van der Waals surface area contributed by atoms with Gasteiger partial charge >= 0.3 is 0 Å². The Bertz CT molecular complexity index is 783. The van der Waals surface area contributed by atoms with E-state index in [0.29, 0.717) is 12.4 Å². The van der Waals surface area contributed by atoms with Crippen molar-refractivity contribution < 1.29 is 4.74 Å². The van der Waals surface area contributed by atoms with Gasteiger partial charge in [0.25, 0.3) is 5.78 Å². The molecular formula is C16H19N5O. The average molecular weight is 297 g/mol. The van der Waals surface area contributed by atoms with E-state index < -0.39 is 0 Å². The van der Waals surface area contributed by atoms with E-state index in [1.54, 1.807) is 4.52 Å². The third-order valence-electron chi connectivity index (χ3n) is 3.41. The first-order chi connectivity index (χ1) is 10.7. The number of hydrogen-bond acceptors (Lipinski definition) is 5. The summed E-state index contributed by atoms with van der Waals surface area (Å²) in [6.07, 6.45) is 1.51. The van der Waals surface area contributed by atoms with Crippen LogP contribution in [-0.2, 0) is 0 Å². The van der Waals surface area contributed by atoms with Gasteiger partial charge in [-0.2, -0.15) is 14.6 Å². The Labute approximate surface area is 129 Å². The summed E-state index contributed by atoms with van der Waals surface area (Å²) in [7, 11) is 0. The second-order valence-electron chi connectivity index (χ2n) is 5.13. The predicted octanol–water partition coefficient (Wildman–Crippen LogP) is 3.00. The van der Waals surface area contributed by atoms with Crippen LogP contribution in [0.25, 0.3) is 5.78 Å². The van der Waals surface area contributed by atoms with Crippen molar-refractivity contribution in [3.8, 4) is 5.75 Å². The molecule has 0 saturated heterocycles. The van der Waals surface area contributed by atoms with Gasteiger partial charge in [0.05, 0.1) is 12.6 Å². The number of fused-ring (bicyclic) bond motifs is 1. The maximum absolute atomic E-state index is 5.56. The molecule has 0 amide bonds. The van der Waals surface area contributed by atoms with Gasteiger partial charge in [-0.1, -0.05) is 12.1 Å². The number of hydrogen-bond donors (Lipinski definition) is 1. The summed E-state index contributed by atoms with van der Waals surface area (Å²) in [4.78, 5) is 8.48. The highest BCUT2D eigenvalue weighted by atomic mass is 16.5. The second-order valence-corrected chi connectivity index (χ2v) is 5.13.